The van der Waals surface area contributed by atoms with Crippen molar-refractivity contribution in [3.8, 4) is 0 Å². The maximum Gasteiger partial charge on any atom is 0.243 e. The molecular formula is C2H5O3P. The fourth-order valence-corrected chi connectivity index (χ4v) is 0. The first-order valence-corrected chi connectivity index (χ1v) is 2.17. The van der Waals surface area contributed by atoms with Gasteiger partial charge < -0.3 is 10.2 Å². The van der Waals surface area contributed by atoms with E-state index in [1.54, 1.807) is 0 Å². The summed E-state index contributed by atoms with van der Waals surface area (Å²) in [5.74, 6) is 0. The highest BCUT2D eigenvalue weighted by Crippen LogP contribution is 2.11. The number of rotatable bonds is 1. The van der Waals surface area contributed by atoms with Gasteiger partial charge in [-0.05, 0) is 0 Å². The largest absolute Gasteiger partial charge is 0.357 e. The maximum atomic E-state index is 9.42. The molecule has 0 rings (SSSR count). The Labute approximate surface area is 36.8 Å². The van der Waals surface area contributed by atoms with Gasteiger partial charge in [-0.1, -0.05) is 0 Å². The van der Waals surface area contributed by atoms with Crippen molar-refractivity contribution in [2.45, 2.75) is 12.5 Å². The molecule has 2 N–H and O–H groups in total. The summed E-state index contributed by atoms with van der Waals surface area (Å²) in [5, 5.41) is 16.1. The topological polar surface area (TPSA) is 57.5 Å². The van der Waals surface area contributed by atoms with Crippen LogP contribution in [0.3, 0.4) is 0 Å². The molecule has 0 aromatic heterocycles. The molecule has 0 heterocycles. The fourth-order valence-electron chi connectivity index (χ4n) is 0. The SMILES string of the molecule is CC(O)(O)P=O. The van der Waals surface area contributed by atoms with Crippen LogP contribution in [-0.2, 0) is 4.57 Å². The Kier molecular flexibility index (Phi) is 1.65. The molecular weight excluding hydrogens is 103 g/mol. The molecule has 0 aliphatic carbocycles. The van der Waals surface area contributed by atoms with E-state index in [1.807, 2.05) is 0 Å². The summed E-state index contributed by atoms with van der Waals surface area (Å²) < 4.78 is 9.42. The predicted octanol–water partition coefficient (Wildman–Crippen LogP) is -0.0636. The second kappa shape index (κ2) is 1.65. The van der Waals surface area contributed by atoms with Crippen molar-refractivity contribution >= 4 is 8.46 Å². The van der Waals surface area contributed by atoms with Crippen LogP contribution in [0, 0.1) is 0 Å². The number of hydrogen-bond acceptors (Lipinski definition) is 3. The molecule has 6 heavy (non-hydrogen) atoms. The van der Waals surface area contributed by atoms with Crippen LogP contribution < -0.4 is 0 Å². The van der Waals surface area contributed by atoms with Crippen LogP contribution in [0.1, 0.15) is 6.92 Å². The maximum absolute atomic E-state index is 9.42. The standard InChI is InChI=1S/C2H5O3P/c1-2(3,4)6-5/h3-4H,1H3. The van der Waals surface area contributed by atoms with Crippen LogP contribution in [0.2, 0.25) is 0 Å². The zero-order chi connectivity index (χ0) is 5.21. The second-order valence-corrected chi connectivity index (χ2v) is 2.09. The Morgan fingerprint density at radius 1 is 1.67 bits per heavy atom. The molecule has 0 aromatic carbocycles. The Morgan fingerprint density at radius 2 is 1.83 bits per heavy atom. The van der Waals surface area contributed by atoms with Crippen molar-refractivity contribution in [1.82, 2.24) is 0 Å². The predicted molar refractivity (Wildman–Crippen MR) is 20.4 cm³/mol. The van der Waals surface area contributed by atoms with Crippen molar-refractivity contribution in [2.24, 2.45) is 0 Å². The molecule has 36 valence electrons. The highest BCUT2D eigenvalue weighted by Gasteiger charge is 2.12. The van der Waals surface area contributed by atoms with Crippen molar-refractivity contribution < 1.29 is 14.8 Å². The third-order valence-corrected chi connectivity index (χ3v) is 0.519. The summed E-state index contributed by atoms with van der Waals surface area (Å²) in [7, 11) is -0.664. The lowest BCUT2D eigenvalue weighted by atomic mass is 10.8. The van der Waals surface area contributed by atoms with Crippen LogP contribution in [0.15, 0.2) is 0 Å². The van der Waals surface area contributed by atoms with Crippen molar-refractivity contribution in [1.29, 1.82) is 0 Å². The van der Waals surface area contributed by atoms with Crippen molar-refractivity contribution in [3.63, 3.8) is 0 Å². The van der Waals surface area contributed by atoms with Crippen molar-refractivity contribution in [2.75, 3.05) is 0 Å². The first-order valence-electron chi connectivity index (χ1n) is 1.35. The molecule has 0 aromatic rings. The van der Waals surface area contributed by atoms with Gasteiger partial charge in [0, 0.05) is 6.92 Å². The van der Waals surface area contributed by atoms with Gasteiger partial charge in [0.15, 0.2) is 0 Å². The molecule has 0 fully saturated rings. The molecule has 3 nitrogen and oxygen atoms in total. The number of aliphatic hydroxyl groups is 2. The zero-order valence-corrected chi connectivity index (χ0v) is 4.14. The van der Waals surface area contributed by atoms with E-state index in [9.17, 15) is 4.57 Å². The minimum Gasteiger partial charge on any atom is -0.357 e. The van der Waals surface area contributed by atoms with E-state index in [-0.39, 0.29) is 0 Å². The quantitative estimate of drug-likeness (QED) is 0.365. The zero-order valence-electron chi connectivity index (χ0n) is 3.25. The van der Waals surface area contributed by atoms with Gasteiger partial charge in [0.1, 0.15) is 0 Å². The molecule has 0 radical (unpaired) electrons. The number of hydrogen-bond donors (Lipinski definition) is 2. The van der Waals surface area contributed by atoms with E-state index in [1.165, 1.54) is 0 Å². The second-order valence-electron chi connectivity index (χ2n) is 1.06. The molecule has 0 amide bonds. The van der Waals surface area contributed by atoms with E-state index >= 15 is 0 Å². The normalized spacial score (nSPS) is 12.5. The summed E-state index contributed by atoms with van der Waals surface area (Å²) in [5.41, 5.74) is -2.04. The van der Waals surface area contributed by atoms with Crippen LogP contribution >= 0.6 is 8.46 Å². The minimum absolute atomic E-state index is 0.664. The summed E-state index contributed by atoms with van der Waals surface area (Å²) >= 11 is 0. The van der Waals surface area contributed by atoms with Gasteiger partial charge >= 0.3 is 0 Å². The molecule has 0 spiro atoms. The molecule has 0 atom stereocenters. The smallest absolute Gasteiger partial charge is 0.243 e. The van der Waals surface area contributed by atoms with E-state index in [2.05, 4.69) is 0 Å². The van der Waals surface area contributed by atoms with Gasteiger partial charge in [-0.25, -0.2) is 0 Å². The molecule has 0 bridgehead atoms. The Balaban J connectivity index is 3.45. The first kappa shape index (κ1) is 6.02. The van der Waals surface area contributed by atoms with Gasteiger partial charge in [0.2, 0.25) is 14.0 Å². The summed E-state index contributed by atoms with van der Waals surface area (Å²) in [4.78, 5) is 0. The highest BCUT2D eigenvalue weighted by atomic mass is 31.1. The Hall–Kier alpha value is 0.0200. The third-order valence-electron chi connectivity index (χ3n) is 0.173. The summed E-state index contributed by atoms with van der Waals surface area (Å²) in [6.45, 7) is 1.03. The third kappa shape index (κ3) is 4.02. The molecule has 4 heteroatoms. The van der Waals surface area contributed by atoms with Gasteiger partial charge in [-0.2, -0.15) is 0 Å². The summed E-state index contributed by atoms with van der Waals surface area (Å²) in [6.07, 6.45) is 0. The molecule has 0 saturated carbocycles. The van der Waals surface area contributed by atoms with Crippen LogP contribution in [0.5, 0.6) is 0 Å². The van der Waals surface area contributed by atoms with E-state index in [0.29, 0.717) is 0 Å². The molecule has 0 aliphatic rings. The lowest BCUT2D eigenvalue weighted by Gasteiger charge is -1.99. The van der Waals surface area contributed by atoms with Gasteiger partial charge in [-0.3, -0.25) is 4.57 Å². The molecule has 0 unspecified atom stereocenters. The lowest BCUT2D eigenvalue weighted by Crippen LogP contribution is -2.11. The monoisotopic (exact) mass is 108 g/mol. The van der Waals surface area contributed by atoms with Crippen LogP contribution in [0.25, 0.3) is 0 Å². The highest BCUT2D eigenvalue weighted by molar-refractivity contribution is 7.25. The van der Waals surface area contributed by atoms with Gasteiger partial charge in [0.05, 0.1) is 0 Å². The van der Waals surface area contributed by atoms with E-state index in [4.69, 9.17) is 10.2 Å². The van der Waals surface area contributed by atoms with E-state index < -0.39 is 14.0 Å². The molecule has 0 saturated heterocycles. The fraction of sp³-hybridized carbons (Fsp3) is 1.00. The van der Waals surface area contributed by atoms with Gasteiger partial charge in [-0.15, -0.1) is 0 Å². The van der Waals surface area contributed by atoms with Gasteiger partial charge in [0.25, 0.3) is 0 Å². The van der Waals surface area contributed by atoms with Crippen LogP contribution in [-0.4, -0.2) is 15.7 Å². The minimum atomic E-state index is -2.04. The van der Waals surface area contributed by atoms with Crippen LogP contribution in [0.4, 0.5) is 0 Å². The van der Waals surface area contributed by atoms with E-state index in [0.717, 1.165) is 6.92 Å². The van der Waals surface area contributed by atoms with Crippen molar-refractivity contribution in [3.05, 3.63) is 0 Å². The summed E-state index contributed by atoms with van der Waals surface area (Å²) in [6, 6.07) is 0. The lowest BCUT2D eigenvalue weighted by molar-refractivity contribution is -0.0643. The first-order chi connectivity index (χ1) is 2.56. The average Bonchev–Trinajstić information content (AvgIpc) is 1.35. The Bertz CT molecular complexity index is 54.3. The average molecular weight is 108 g/mol. The molecule has 0 aliphatic heterocycles. The Morgan fingerprint density at radius 3 is 1.83 bits per heavy atom.